The molecule has 5 nitrogen and oxygen atoms in total. The second-order valence-electron chi connectivity index (χ2n) is 6.26. The van der Waals surface area contributed by atoms with Crippen molar-refractivity contribution in [1.29, 1.82) is 0 Å². The molecule has 0 unspecified atom stereocenters. The van der Waals surface area contributed by atoms with E-state index in [0.717, 1.165) is 42.0 Å². The molecule has 2 aromatic carbocycles. The molecule has 2 aromatic rings. The molecular weight excluding hydrogens is 316 g/mol. The van der Waals surface area contributed by atoms with Gasteiger partial charge >= 0.3 is 6.09 Å². The van der Waals surface area contributed by atoms with E-state index >= 15 is 0 Å². The van der Waals surface area contributed by atoms with Crippen LogP contribution in [0.25, 0.3) is 0 Å². The average molecular weight is 338 g/mol. The first-order valence-corrected chi connectivity index (χ1v) is 8.55. The Morgan fingerprint density at radius 3 is 2.32 bits per heavy atom. The highest BCUT2D eigenvalue weighted by Gasteiger charge is 2.25. The van der Waals surface area contributed by atoms with Crippen LogP contribution in [0.5, 0.6) is 0 Å². The minimum atomic E-state index is -1.23. The fourth-order valence-electron chi connectivity index (χ4n) is 3.34. The van der Waals surface area contributed by atoms with Gasteiger partial charge in [0, 0.05) is 5.56 Å². The maximum absolute atomic E-state index is 12.6. The van der Waals surface area contributed by atoms with Crippen LogP contribution in [0.4, 0.5) is 4.79 Å². The molecule has 0 atom stereocenters. The number of hydrogen-bond acceptors (Lipinski definition) is 3. The van der Waals surface area contributed by atoms with E-state index in [4.69, 9.17) is 0 Å². The van der Waals surface area contributed by atoms with E-state index in [1.54, 1.807) is 30.3 Å². The van der Waals surface area contributed by atoms with E-state index in [0.29, 0.717) is 11.5 Å². The number of nitrogens with zero attached hydrogens (tertiary/aromatic N) is 1. The van der Waals surface area contributed by atoms with Crippen molar-refractivity contribution in [3.63, 3.8) is 0 Å². The number of nitrogens with one attached hydrogen (secondary N) is 1. The Kier molecular flexibility index (Phi) is 5.46. The Balaban J connectivity index is 1.86. The predicted octanol–water partition coefficient (Wildman–Crippen LogP) is 3.47. The SMILES string of the molecule is O=C(O)N(Cc1ccccc1C1CCNCC1)C(=O)c1ccccc1. The van der Waals surface area contributed by atoms with Crippen LogP contribution < -0.4 is 5.32 Å². The van der Waals surface area contributed by atoms with Crippen molar-refractivity contribution < 1.29 is 14.7 Å². The number of piperidine rings is 1. The van der Waals surface area contributed by atoms with Crippen molar-refractivity contribution in [2.24, 2.45) is 0 Å². The number of rotatable bonds is 4. The number of amides is 2. The number of imide groups is 1. The van der Waals surface area contributed by atoms with Crippen LogP contribution in [-0.4, -0.2) is 35.1 Å². The fourth-order valence-corrected chi connectivity index (χ4v) is 3.34. The molecular formula is C20H22N2O3. The molecule has 2 N–H and O–H groups in total. The van der Waals surface area contributed by atoms with Crippen LogP contribution in [0.1, 0.15) is 40.2 Å². The molecule has 0 saturated carbocycles. The largest absolute Gasteiger partial charge is 0.465 e. The normalized spacial score (nSPS) is 14.9. The molecule has 1 heterocycles. The lowest BCUT2D eigenvalue weighted by Gasteiger charge is -2.26. The molecule has 25 heavy (non-hydrogen) atoms. The Morgan fingerprint density at radius 1 is 1.00 bits per heavy atom. The summed E-state index contributed by atoms with van der Waals surface area (Å²) in [4.78, 5) is 25.2. The minimum absolute atomic E-state index is 0.0726. The van der Waals surface area contributed by atoms with Gasteiger partial charge < -0.3 is 10.4 Å². The van der Waals surface area contributed by atoms with Crippen LogP contribution >= 0.6 is 0 Å². The third-order valence-corrected chi connectivity index (χ3v) is 4.66. The Labute approximate surface area is 147 Å². The topological polar surface area (TPSA) is 69.6 Å². The van der Waals surface area contributed by atoms with Crippen molar-refractivity contribution in [1.82, 2.24) is 10.2 Å². The quantitative estimate of drug-likeness (QED) is 0.895. The van der Waals surface area contributed by atoms with Gasteiger partial charge in [-0.2, -0.15) is 0 Å². The van der Waals surface area contributed by atoms with Crippen molar-refractivity contribution in [2.45, 2.75) is 25.3 Å². The lowest BCUT2D eigenvalue weighted by Crippen LogP contribution is -2.36. The van der Waals surface area contributed by atoms with Gasteiger partial charge in [0.2, 0.25) is 0 Å². The van der Waals surface area contributed by atoms with E-state index in [9.17, 15) is 14.7 Å². The summed E-state index contributed by atoms with van der Waals surface area (Å²) in [6.07, 6.45) is 0.821. The molecule has 5 heteroatoms. The van der Waals surface area contributed by atoms with Gasteiger partial charge in [0.15, 0.2) is 0 Å². The third kappa shape index (κ3) is 4.06. The maximum atomic E-state index is 12.6. The average Bonchev–Trinajstić information content (AvgIpc) is 2.67. The van der Waals surface area contributed by atoms with Crippen molar-refractivity contribution >= 4 is 12.0 Å². The lowest BCUT2D eigenvalue weighted by atomic mass is 9.87. The van der Waals surface area contributed by atoms with Crippen LogP contribution in [0.3, 0.4) is 0 Å². The van der Waals surface area contributed by atoms with Gasteiger partial charge in [-0.15, -0.1) is 0 Å². The summed E-state index contributed by atoms with van der Waals surface area (Å²) < 4.78 is 0. The second-order valence-corrected chi connectivity index (χ2v) is 6.26. The summed E-state index contributed by atoms with van der Waals surface area (Å²) in [6, 6.07) is 16.4. The molecule has 0 spiro atoms. The smallest absolute Gasteiger partial charge is 0.414 e. The summed E-state index contributed by atoms with van der Waals surface area (Å²) >= 11 is 0. The van der Waals surface area contributed by atoms with Crippen LogP contribution in [0, 0.1) is 0 Å². The number of carbonyl (C=O) groups is 2. The number of carbonyl (C=O) groups excluding carboxylic acids is 1. The molecule has 3 rings (SSSR count). The van der Waals surface area contributed by atoms with Gasteiger partial charge in [-0.1, -0.05) is 42.5 Å². The molecule has 130 valence electrons. The zero-order chi connectivity index (χ0) is 17.6. The molecule has 0 radical (unpaired) electrons. The van der Waals surface area contributed by atoms with Crippen molar-refractivity contribution in [3.05, 3.63) is 71.3 Å². The standard InChI is InChI=1S/C20H22N2O3/c23-19(16-6-2-1-3-7-16)22(20(24)25)14-17-8-4-5-9-18(17)15-10-12-21-13-11-15/h1-9,15,21H,10-14H2,(H,24,25). The van der Waals surface area contributed by atoms with Gasteiger partial charge in [0.1, 0.15) is 0 Å². The van der Waals surface area contributed by atoms with Crippen LogP contribution in [0.15, 0.2) is 54.6 Å². The van der Waals surface area contributed by atoms with E-state index in [2.05, 4.69) is 11.4 Å². The molecule has 1 aliphatic heterocycles. The summed E-state index contributed by atoms with van der Waals surface area (Å²) in [5.74, 6) is -0.0897. The maximum Gasteiger partial charge on any atom is 0.414 e. The van der Waals surface area contributed by atoms with E-state index in [1.165, 1.54) is 0 Å². The second kappa shape index (κ2) is 7.94. The van der Waals surface area contributed by atoms with Gasteiger partial charge in [0.05, 0.1) is 6.54 Å². The monoisotopic (exact) mass is 338 g/mol. The highest BCUT2D eigenvalue weighted by atomic mass is 16.4. The summed E-state index contributed by atoms with van der Waals surface area (Å²) in [6.45, 7) is 2.00. The van der Waals surface area contributed by atoms with Gasteiger partial charge in [0.25, 0.3) is 5.91 Å². The molecule has 0 bridgehead atoms. The summed E-state index contributed by atoms with van der Waals surface area (Å²) in [7, 11) is 0. The molecule has 1 aliphatic rings. The van der Waals surface area contributed by atoms with Crippen molar-refractivity contribution in [3.8, 4) is 0 Å². The van der Waals surface area contributed by atoms with Crippen molar-refractivity contribution in [2.75, 3.05) is 13.1 Å². The number of hydrogen-bond donors (Lipinski definition) is 2. The van der Waals surface area contributed by atoms with E-state index in [1.807, 2.05) is 18.2 Å². The third-order valence-electron chi connectivity index (χ3n) is 4.66. The summed E-state index contributed by atoms with van der Waals surface area (Å²) in [5.41, 5.74) is 2.43. The van der Waals surface area contributed by atoms with Gasteiger partial charge in [-0.3, -0.25) is 4.79 Å². The number of carboxylic acid groups (broad SMARTS) is 1. The number of benzene rings is 2. The first-order valence-electron chi connectivity index (χ1n) is 8.55. The van der Waals surface area contributed by atoms with Gasteiger partial charge in [-0.05, 0) is 55.1 Å². The first-order chi connectivity index (χ1) is 12.2. The Bertz CT molecular complexity index is 740. The van der Waals surface area contributed by atoms with Crippen LogP contribution in [0.2, 0.25) is 0 Å². The molecule has 1 fully saturated rings. The Hall–Kier alpha value is -2.66. The zero-order valence-corrected chi connectivity index (χ0v) is 14.0. The molecule has 2 amide bonds. The summed E-state index contributed by atoms with van der Waals surface area (Å²) in [5, 5.41) is 12.9. The predicted molar refractivity (Wildman–Crippen MR) is 95.6 cm³/mol. The first kappa shape index (κ1) is 17.2. The Morgan fingerprint density at radius 2 is 1.64 bits per heavy atom. The fraction of sp³-hybridized carbons (Fsp3) is 0.300. The molecule has 0 aromatic heterocycles. The highest BCUT2D eigenvalue weighted by molar-refractivity contribution is 6.02. The van der Waals surface area contributed by atoms with E-state index < -0.39 is 12.0 Å². The zero-order valence-electron chi connectivity index (χ0n) is 14.0. The molecule has 1 saturated heterocycles. The molecule has 0 aliphatic carbocycles. The van der Waals surface area contributed by atoms with E-state index in [-0.39, 0.29) is 6.54 Å². The lowest BCUT2D eigenvalue weighted by molar-refractivity contribution is 0.0729. The minimum Gasteiger partial charge on any atom is -0.465 e. The van der Waals surface area contributed by atoms with Crippen LogP contribution in [-0.2, 0) is 6.54 Å². The highest BCUT2D eigenvalue weighted by Crippen LogP contribution is 2.29. The van der Waals surface area contributed by atoms with Gasteiger partial charge in [-0.25, -0.2) is 9.69 Å².